The Bertz CT molecular complexity index is 1020. The molecule has 2 aliphatic heterocycles. The van der Waals surface area contributed by atoms with Gasteiger partial charge in [-0.3, -0.25) is 4.79 Å². The first kappa shape index (κ1) is 20.6. The number of hydrogen-bond donors (Lipinski definition) is 3. The summed E-state index contributed by atoms with van der Waals surface area (Å²) in [6.07, 6.45) is -0.367. The van der Waals surface area contributed by atoms with Crippen LogP contribution < -0.4 is 14.3 Å². The average Bonchev–Trinajstić information content (AvgIpc) is 2.89. The number of benzene rings is 1. The second-order valence-electron chi connectivity index (χ2n) is 7.72. The average molecular weight is 448 g/mol. The summed E-state index contributed by atoms with van der Waals surface area (Å²) in [5, 5.41) is 12.7. The lowest BCUT2D eigenvalue weighted by atomic mass is 9.81. The van der Waals surface area contributed by atoms with E-state index in [9.17, 15) is 31.9 Å². The summed E-state index contributed by atoms with van der Waals surface area (Å²) in [6, 6.07) is 0.674. The Morgan fingerprint density at radius 1 is 1.33 bits per heavy atom. The van der Waals surface area contributed by atoms with Crippen molar-refractivity contribution in [2.45, 2.75) is 31.7 Å². The topological polar surface area (TPSA) is 119 Å². The Balaban J connectivity index is 1.52. The lowest BCUT2D eigenvalue weighted by molar-refractivity contribution is -0.117. The van der Waals surface area contributed by atoms with Crippen LogP contribution in [0.4, 0.5) is 23.7 Å². The van der Waals surface area contributed by atoms with Crippen LogP contribution in [0.25, 0.3) is 0 Å². The summed E-state index contributed by atoms with van der Waals surface area (Å²) >= 11 is 0. The number of phenolic OH excluding ortho intramolecular Hbond substituents is 1. The molecule has 3 aliphatic rings. The molecule has 2 heterocycles. The zero-order chi connectivity index (χ0) is 21.8. The molecule has 3 amide bonds. The third-order valence-corrected chi connectivity index (χ3v) is 6.87. The van der Waals surface area contributed by atoms with E-state index in [4.69, 9.17) is 0 Å². The Morgan fingerprint density at radius 3 is 2.63 bits per heavy atom. The van der Waals surface area contributed by atoms with E-state index in [-0.39, 0.29) is 50.4 Å². The minimum absolute atomic E-state index is 0.0222. The van der Waals surface area contributed by atoms with Gasteiger partial charge in [-0.15, -0.1) is 0 Å². The molecule has 1 saturated carbocycles. The third-order valence-electron chi connectivity index (χ3n) is 5.49. The number of halogens is 3. The molecule has 0 spiro atoms. The molecule has 13 heteroatoms. The van der Waals surface area contributed by atoms with Crippen LogP contribution in [-0.2, 0) is 28.0 Å². The fourth-order valence-electron chi connectivity index (χ4n) is 3.97. The number of carbonyl (C=O) groups excluding carboxylic acids is 2. The molecule has 4 rings (SSSR count). The molecule has 0 aromatic heterocycles. The zero-order valence-electron chi connectivity index (χ0n) is 15.6. The van der Waals surface area contributed by atoms with E-state index in [1.165, 1.54) is 11.0 Å². The van der Waals surface area contributed by atoms with Crippen molar-refractivity contribution in [2.24, 2.45) is 5.92 Å². The predicted molar refractivity (Wildman–Crippen MR) is 97.7 cm³/mol. The van der Waals surface area contributed by atoms with Crippen LogP contribution in [0.15, 0.2) is 6.07 Å². The summed E-state index contributed by atoms with van der Waals surface area (Å²) < 4.78 is 67.2. The van der Waals surface area contributed by atoms with E-state index in [1.807, 2.05) is 0 Å². The van der Waals surface area contributed by atoms with Gasteiger partial charge in [0.05, 0.1) is 6.54 Å². The summed E-state index contributed by atoms with van der Waals surface area (Å²) in [7, 11) is -4.34. The van der Waals surface area contributed by atoms with Gasteiger partial charge in [-0.05, 0) is 24.0 Å². The van der Waals surface area contributed by atoms with Crippen molar-refractivity contribution in [3.63, 3.8) is 0 Å². The number of urea groups is 1. The number of rotatable bonds is 3. The highest BCUT2D eigenvalue weighted by molar-refractivity contribution is 7.92. The number of fused-ring (bicyclic) bond motifs is 1. The first-order chi connectivity index (χ1) is 14.0. The van der Waals surface area contributed by atoms with Gasteiger partial charge in [-0.1, -0.05) is 0 Å². The summed E-state index contributed by atoms with van der Waals surface area (Å²) in [5.74, 6) is -5.54. The van der Waals surface area contributed by atoms with Crippen molar-refractivity contribution in [3.8, 4) is 5.75 Å². The molecule has 2 fully saturated rings. The van der Waals surface area contributed by atoms with E-state index >= 15 is 4.39 Å². The van der Waals surface area contributed by atoms with Crippen molar-refractivity contribution in [2.75, 3.05) is 23.9 Å². The second kappa shape index (κ2) is 6.93. The summed E-state index contributed by atoms with van der Waals surface area (Å²) in [4.78, 5) is 25.1. The van der Waals surface area contributed by atoms with Gasteiger partial charge in [0, 0.05) is 31.5 Å². The maximum absolute atomic E-state index is 15.2. The van der Waals surface area contributed by atoms with Crippen molar-refractivity contribution < 1.29 is 36.3 Å². The van der Waals surface area contributed by atoms with Crippen molar-refractivity contribution in [1.82, 2.24) is 14.9 Å². The van der Waals surface area contributed by atoms with Gasteiger partial charge in [-0.2, -0.15) is 8.42 Å². The molecule has 1 aromatic carbocycles. The number of nitrogens with one attached hydrogen (secondary N) is 2. The predicted octanol–water partition coefficient (Wildman–Crippen LogP) is 0.825. The van der Waals surface area contributed by atoms with Crippen molar-refractivity contribution in [3.05, 3.63) is 23.0 Å². The van der Waals surface area contributed by atoms with Crippen LogP contribution in [0.3, 0.4) is 0 Å². The number of phenols is 1. The number of aromatic hydroxyl groups is 1. The van der Waals surface area contributed by atoms with Crippen LogP contribution >= 0.6 is 0 Å². The normalized spacial score (nSPS) is 22.3. The van der Waals surface area contributed by atoms with Gasteiger partial charge in [0.1, 0.15) is 18.0 Å². The smallest absolute Gasteiger partial charge is 0.326 e. The molecule has 9 nitrogen and oxygen atoms in total. The number of hydrogen-bond acceptors (Lipinski definition) is 5. The Morgan fingerprint density at radius 2 is 2.03 bits per heavy atom. The van der Waals surface area contributed by atoms with Crippen LogP contribution in [0, 0.1) is 11.7 Å². The van der Waals surface area contributed by atoms with E-state index in [2.05, 4.69) is 5.32 Å². The number of anilines is 1. The molecule has 1 saturated heterocycles. The highest BCUT2D eigenvalue weighted by Crippen LogP contribution is 2.42. The molecule has 30 heavy (non-hydrogen) atoms. The summed E-state index contributed by atoms with van der Waals surface area (Å²) in [6.45, 7) is -0.584. The zero-order valence-corrected chi connectivity index (χ0v) is 16.4. The number of alkyl halides is 2. The quantitative estimate of drug-likeness (QED) is 0.633. The molecule has 3 N–H and O–H groups in total. The van der Waals surface area contributed by atoms with E-state index < -0.39 is 51.9 Å². The number of amides is 3. The van der Waals surface area contributed by atoms with Gasteiger partial charge in [0.15, 0.2) is 5.82 Å². The van der Waals surface area contributed by atoms with Crippen LogP contribution in [0.2, 0.25) is 0 Å². The minimum Gasteiger partial charge on any atom is -0.506 e. The van der Waals surface area contributed by atoms with Gasteiger partial charge < -0.3 is 15.3 Å². The molecular weight excluding hydrogens is 429 g/mol. The molecular formula is C17H19F3N4O5S. The van der Waals surface area contributed by atoms with Gasteiger partial charge in [-0.25, -0.2) is 27.0 Å². The number of nitrogens with zero attached hydrogens (tertiary/aromatic N) is 2. The maximum atomic E-state index is 15.2. The summed E-state index contributed by atoms with van der Waals surface area (Å²) in [5.41, 5.74) is -0.229. The highest BCUT2D eigenvalue weighted by atomic mass is 32.2. The molecule has 0 unspecified atom stereocenters. The van der Waals surface area contributed by atoms with E-state index in [0.717, 1.165) is 0 Å². The molecule has 0 bridgehead atoms. The minimum atomic E-state index is -4.34. The maximum Gasteiger partial charge on any atom is 0.326 e. The highest BCUT2D eigenvalue weighted by Gasteiger charge is 2.45. The van der Waals surface area contributed by atoms with Gasteiger partial charge >= 0.3 is 16.2 Å². The van der Waals surface area contributed by atoms with Gasteiger partial charge in [0.2, 0.25) is 5.92 Å². The molecule has 0 radical (unpaired) electrons. The first-order valence-electron chi connectivity index (χ1n) is 9.24. The van der Waals surface area contributed by atoms with E-state index in [0.29, 0.717) is 9.87 Å². The fourth-order valence-corrected chi connectivity index (χ4v) is 5.13. The lowest BCUT2D eigenvalue weighted by Crippen LogP contribution is -2.47. The van der Waals surface area contributed by atoms with Crippen LogP contribution in [0.1, 0.15) is 24.0 Å². The monoisotopic (exact) mass is 448 g/mol. The molecule has 1 aromatic rings. The first-order valence-corrected chi connectivity index (χ1v) is 10.7. The third kappa shape index (κ3) is 3.61. The lowest BCUT2D eigenvalue weighted by Gasteiger charge is -2.36. The van der Waals surface area contributed by atoms with Crippen LogP contribution in [0.5, 0.6) is 5.75 Å². The van der Waals surface area contributed by atoms with Crippen LogP contribution in [-0.4, -0.2) is 55.9 Å². The SMILES string of the molecule is O=C1CN(c2c(O)cc3c(c2F)CN(C(=O)NCC2CC(F)(F)C2)CC3)S(=O)(=O)N1. The molecule has 0 atom stereocenters. The van der Waals surface area contributed by atoms with E-state index in [1.54, 1.807) is 4.72 Å². The van der Waals surface area contributed by atoms with Crippen molar-refractivity contribution >= 4 is 27.8 Å². The van der Waals surface area contributed by atoms with Crippen molar-refractivity contribution in [1.29, 1.82) is 0 Å². The molecule has 1 aliphatic carbocycles. The standard InChI is InChI=1S/C17H19F3N4O5S/c18-14-11-7-23(16(27)21-6-9-4-17(19,20)5-9)2-1-10(11)3-12(25)15(14)24-8-13(26)22-30(24,28)29/h3,9,25H,1-2,4-8H2,(H,21,27)(H,22,26). The Hall–Kier alpha value is -2.70. The largest absolute Gasteiger partial charge is 0.506 e. The molecule has 164 valence electrons. The fraction of sp³-hybridized carbons (Fsp3) is 0.529. The second-order valence-corrected chi connectivity index (χ2v) is 9.32. The van der Waals surface area contributed by atoms with Gasteiger partial charge in [0.25, 0.3) is 5.91 Å². The Kier molecular flexibility index (Phi) is 4.75. The Labute approximate surface area is 170 Å². The number of carbonyl (C=O) groups is 2.